The highest BCUT2D eigenvalue weighted by Gasteiger charge is 2.37. The number of carbonyl (C=O) groups excluding carboxylic acids is 1. The molecule has 1 aliphatic rings. The van der Waals surface area contributed by atoms with Crippen molar-refractivity contribution in [3.63, 3.8) is 0 Å². The number of ether oxygens (including phenoxy) is 1. The van der Waals surface area contributed by atoms with Gasteiger partial charge in [0.15, 0.2) is 0 Å². The van der Waals surface area contributed by atoms with Crippen LogP contribution >= 0.6 is 0 Å². The van der Waals surface area contributed by atoms with Gasteiger partial charge in [0.1, 0.15) is 5.75 Å². The van der Waals surface area contributed by atoms with Crippen LogP contribution in [-0.4, -0.2) is 42.2 Å². The molecule has 1 unspecified atom stereocenters. The van der Waals surface area contributed by atoms with Crippen LogP contribution in [0.4, 0.5) is 4.79 Å². The van der Waals surface area contributed by atoms with Crippen LogP contribution < -0.4 is 10.1 Å². The van der Waals surface area contributed by atoms with Crippen LogP contribution in [0.15, 0.2) is 24.3 Å². The number of aliphatic carboxylic acids is 1. The topological polar surface area (TPSA) is 78.9 Å². The summed E-state index contributed by atoms with van der Waals surface area (Å²) in [5.74, 6) is -0.448. The first kappa shape index (κ1) is 15.2. The average molecular weight is 292 g/mol. The maximum absolute atomic E-state index is 12.0. The second-order valence-electron chi connectivity index (χ2n) is 5.26. The van der Waals surface area contributed by atoms with Gasteiger partial charge in [0.05, 0.1) is 13.0 Å². The normalized spacial score (nSPS) is 16.0. The number of hydrogen-bond acceptors (Lipinski definition) is 3. The van der Waals surface area contributed by atoms with E-state index in [4.69, 9.17) is 9.84 Å². The van der Waals surface area contributed by atoms with Gasteiger partial charge in [-0.3, -0.25) is 4.79 Å². The van der Waals surface area contributed by atoms with Crippen molar-refractivity contribution in [2.45, 2.75) is 13.5 Å². The molecule has 1 saturated heterocycles. The van der Waals surface area contributed by atoms with Gasteiger partial charge in [-0.2, -0.15) is 0 Å². The van der Waals surface area contributed by atoms with Gasteiger partial charge < -0.3 is 20.1 Å². The number of nitrogens with zero attached hydrogens (tertiary/aromatic N) is 1. The van der Waals surface area contributed by atoms with Gasteiger partial charge in [-0.15, -0.1) is 0 Å². The standard InChI is InChI=1S/C15H20N2O4/c1-10(14(18)19)12-8-17(9-12)15(20)16-7-11-5-3-4-6-13(11)21-2/h3-6,10,12H,7-9H2,1-2H3,(H,16,20)(H,18,19). The molecule has 0 aromatic heterocycles. The molecular weight excluding hydrogens is 272 g/mol. The van der Waals surface area contributed by atoms with E-state index in [0.717, 1.165) is 11.3 Å². The maximum Gasteiger partial charge on any atom is 0.317 e. The summed E-state index contributed by atoms with van der Waals surface area (Å²) in [5.41, 5.74) is 0.907. The number of nitrogens with one attached hydrogen (secondary N) is 1. The molecule has 1 heterocycles. The lowest BCUT2D eigenvalue weighted by Gasteiger charge is -2.41. The zero-order valence-corrected chi connectivity index (χ0v) is 12.2. The van der Waals surface area contributed by atoms with Crippen molar-refractivity contribution in [1.82, 2.24) is 10.2 Å². The third-order valence-electron chi connectivity index (χ3n) is 3.92. The smallest absolute Gasteiger partial charge is 0.317 e. The number of benzene rings is 1. The van der Waals surface area contributed by atoms with E-state index >= 15 is 0 Å². The minimum Gasteiger partial charge on any atom is -0.496 e. The van der Waals surface area contributed by atoms with Gasteiger partial charge in [-0.05, 0) is 6.07 Å². The maximum atomic E-state index is 12.0. The summed E-state index contributed by atoms with van der Waals surface area (Å²) in [6, 6.07) is 7.32. The van der Waals surface area contributed by atoms with Crippen molar-refractivity contribution in [1.29, 1.82) is 0 Å². The molecule has 1 aromatic rings. The number of amides is 2. The van der Waals surface area contributed by atoms with Crippen molar-refractivity contribution < 1.29 is 19.4 Å². The van der Waals surface area contributed by atoms with Crippen LogP contribution in [0.25, 0.3) is 0 Å². The number of urea groups is 1. The number of likely N-dealkylation sites (tertiary alicyclic amines) is 1. The highest BCUT2D eigenvalue weighted by Crippen LogP contribution is 2.24. The predicted octanol–water partition coefficient (Wildman–Crippen LogP) is 1.56. The number of rotatable bonds is 5. The lowest BCUT2D eigenvalue weighted by atomic mass is 9.87. The lowest BCUT2D eigenvalue weighted by molar-refractivity contribution is -0.144. The fourth-order valence-electron chi connectivity index (χ4n) is 2.33. The van der Waals surface area contributed by atoms with Crippen molar-refractivity contribution in [2.75, 3.05) is 20.2 Å². The van der Waals surface area contributed by atoms with E-state index in [0.29, 0.717) is 19.6 Å². The molecule has 2 amide bonds. The van der Waals surface area contributed by atoms with Crippen LogP contribution in [0.3, 0.4) is 0 Å². The molecule has 1 fully saturated rings. The monoisotopic (exact) mass is 292 g/mol. The molecular formula is C15H20N2O4. The van der Waals surface area contributed by atoms with Crippen molar-refractivity contribution >= 4 is 12.0 Å². The zero-order valence-electron chi connectivity index (χ0n) is 12.2. The molecule has 6 heteroatoms. The molecule has 2 N–H and O–H groups in total. The van der Waals surface area contributed by atoms with Crippen LogP contribution in [-0.2, 0) is 11.3 Å². The summed E-state index contributed by atoms with van der Waals surface area (Å²) in [5, 5.41) is 11.7. The average Bonchev–Trinajstić information content (AvgIpc) is 2.43. The van der Waals surface area contributed by atoms with E-state index in [9.17, 15) is 9.59 Å². The summed E-state index contributed by atoms with van der Waals surface area (Å²) < 4.78 is 5.22. The van der Waals surface area contributed by atoms with Crippen molar-refractivity contribution in [2.24, 2.45) is 11.8 Å². The number of para-hydroxylation sites is 1. The largest absolute Gasteiger partial charge is 0.496 e. The Bertz CT molecular complexity index is 526. The van der Waals surface area contributed by atoms with E-state index in [2.05, 4.69) is 5.32 Å². The molecule has 0 bridgehead atoms. The minimum absolute atomic E-state index is 0.0412. The molecule has 6 nitrogen and oxygen atoms in total. The Kier molecular flexibility index (Phi) is 4.67. The summed E-state index contributed by atoms with van der Waals surface area (Å²) in [7, 11) is 1.59. The van der Waals surface area contributed by atoms with Gasteiger partial charge in [-0.25, -0.2) is 4.79 Å². The van der Waals surface area contributed by atoms with E-state index in [1.165, 1.54) is 0 Å². The molecule has 0 aliphatic carbocycles. The Morgan fingerprint density at radius 3 is 2.71 bits per heavy atom. The van der Waals surface area contributed by atoms with Crippen LogP contribution in [0.2, 0.25) is 0 Å². The van der Waals surface area contributed by atoms with Crippen LogP contribution in [0.5, 0.6) is 5.75 Å². The summed E-state index contributed by atoms with van der Waals surface area (Å²) in [4.78, 5) is 24.4. The third kappa shape index (κ3) is 3.45. The van der Waals surface area contributed by atoms with E-state index in [1.54, 1.807) is 18.9 Å². The predicted molar refractivity (Wildman–Crippen MR) is 77.1 cm³/mol. The zero-order chi connectivity index (χ0) is 15.4. The second kappa shape index (κ2) is 6.47. The molecule has 114 valence electrons. The highest BCUT2D eigenvalue weighted by atomic mass is 16.5. The van der Waals surface area contributed by atoms with E-state index in [1.807, 2.05) is 24.3 Å². The Morgan fingerprint density at radius 1 is 1.43 bits per heavy atom. The summed E-state index contributed by atoms with van der Waals surface area (Å²) in [6.07, 6.45) is 0. The highest BCUT2D eigenvalue weighted by molar-refractivity contribution is 5.76. The second-order valence-corrected chi connectivity index (χ2v) is 5.26. The van der Waals surface area contributed by atoms with Crippen LogP contribution in [0.1, 0.15) is 12.5 Å². The number of carboxylic acids is 1. The Labute approximate surface area is 123 Å². The van der Waals surface area contributed by atoms with Gasteiger partial charge in [-0.1, -0.05) is 25.1 Å². The van der Waals surface area contributed by atoms with Crippen LogP contribution in [0, 0.1) is 11.8 Å². The molecule has 1 aliphatic heterocycles. The number of methoxy groups -OCH3 is 1. The fourth-order valence-corrected chi connectivity index (χ4v) is 2.33. The minimum atomic E-state index is -0.811. The molecule has 1 aromatic carbocycles. The summed E-state index contributed by atoms with van der Waals surface area (Å²) in [6.45, 7) is 3.05. The fraction of sp³-hybridized carbons (Fsp3) is 0.467. The van der Waals surface area contributed by atoms with Gasteiger partial charge in [0.2, 0.25) is 0 Å². The molecule has 0 spiro atoms. The molecule has 21 heavy (non-hydrogen) atoms. The first-order valence-corrected chi connectivity index (χ1v) is 6.90. The van der Waals surface area contributed by atoms with Gasteiger partial charge >= 0.3 is 12.0 Å². The Balaban J connectivity index is 1.80. The summed E-state index contributed by atoms with van der Waals surface area (Å²) >= 11 is 0. The Morgan fingerprint density at radius 2 is 2.10 bits per heavy atom. The van der Waals surface area contributed by atoms with Gasteiger partial charge in [0.25, 0.3) is 0 Å². The van der Waals surface area contributed by atoms with E-state index in [-0.39, 0.29) is 11.9 Å². The molecule has 0 saturated carbocycles. The number of carboxylic acid groups (broad SMARTS) is 1. The molecule has 0 radical (unpaired) electrons. The van der Waals surface area contributed by atoms with E-state index < -0.39 is 11.9 Å². The van der Waals surface area contributed by atoms with Crippen molar-refractivity contribution in [3.8, 4) is 5.75 Å². The number of carbonyl (C=O) groups is 2. The third-order valence-corrected chi connectivity index (χ3v) is 3.92. The van der Waals surface area contributed by atoms with Crippen molar-refractivity contribution in [3.05, 3.63) is 29.8 Å². The first-order valence-electron chi connectivity index (χ1n) is 6.90. The van der Waals surface area contributed by atoms with Gasteiger partial charge in [0, 0.05) is 31.1 Å². The SMILES string of the molecule is COc1ccccc1CNC(=O)N1CC(C(C)C(=O)O)C1. The number of hydrogen-bond donors (Lipinski definition) is 2. The first-order chi connectivity index (χ1) is 10.0. The quantitative estimate of drug-likeness (QED) is 0.863. The Hall–Kier alpha value is -2.24. The molecule has 2 rings (SSSR count). The lowest BCUT2D eigenvalue weighted by Crippen LogP contribution is -2.56. The molecule has 1 atom stereocenters.